The molecule has 0 saturated heterocycles. The third-order valence-electron chi connectivity index (χ3n) is 14.4. The van der Waals surface area contributed by atoms with Crippen LogP contribution in [-0.4, -0.2) is 47.4 Å². The molecule has 0 aromatic rings. The van der Waals surface area contributed by atoms with Crippen molar-refractivity contribution in [2.45, 2.75) is 347 Å². The molecule has 3 N–H and O–H groups in total. The lowest BCUT2D eigenvalue weighted by molar-refractivity contribution is -0.143. The first kappa shape index (κ1) is 68.1. The first-order valence-electron chi connectivity index (χ1n) is 31.3. The van der Waals surface area contributed by atoms with Crippen molar-refractivity contribution in [2.24, 2.45) is 0 Å². The molecule has 0 spiro atoms. The Kier molecular flexibility index (Phi) is 58.0. The van der Waals surface area contributed by atoms with Gasteiger partial charge in [-0.1, -0.05) is 281 Å². The van der Waals surface area contributed by atoms with Crippen molar-refractivity contribution < 1.29 is 24.5 Å². The largest absolute Gasteiger partial charge is 0.466 e. The Morgan fingerprint density at radius 2 is 0.686 bits per heavy atom. The number of amides is 1. The Balaban J connectivity index is 3.44. The molecular weight excluding hydrogens is 863 g/mol. The Morgan fingerprint density at radius 1 is 0.386 bits per heavy atom. The van der Waals surface area contributed by atoms with Crippen molar-refractivity contribution in [2.75, 3.05) is 13.2 Å². The molecule has 1 amide bonds. The number of hydrogen-bond donors (Lipinski definition) is 3. The van der Waals surface area contributed by atoms with E-state index in [9.17, 15) is 19.8 Å². The first-order chi connectivity index (χ1) is 34.5. The molecule has 0 aromatic heterocycles. The fourth-order valence-corrected chi connectivity index (χ4v) is 9.55. The van der Waals surface area contributed by atoms with E-state index in [-0.39, 0.29) is 18.5 Å². The van der Waals surface area contributed by atoms with Gasteiger partial charge in [0, 0.05) is 12.8 Å². The standard InChI is InChI=1S/C64H121NO5/c1-3-5-7-9-11-13-15-16-17-18-27-30-33-37-40-44-48-52-56-62(67)61(60-66)65-63(68)57-53-49-45-41-38-34-31-28-25-23-21-19-20-22-24-26-29-32-35-39-43-47-51-55-59-70-64(69)58-54-50-46-42-36-14-12-10-8-6-4-2/h10,12,21,23,52,56,61-62,66-67H,3-9,11,13-20,22,24-51,53-55,57-60H2,1-2H3,(H,65,68)/b12-10-,23-21-,56-52+. The minimum atomic E-state index is -0.848. The summed E-state index contributed by atoms with van der Waals surface area (Å²) in [6.07, 6.45) is 74.7. The molecule has 0 aliphatic carbocycles. The summed E-state index contributed by atoms with van der Waals surface area (Å²) in [6.45, 7) is 4.88. The van der Waals surface area contributed by atoms with E-state index in [4.69, 9.17) is 4.74 Å². The number of hydrogen-bond acceptors (Lipinski definition) is 5. The van der Waals surface area contributed by atoms with Gasteiger partial charge >= 0.3 is 5.97 Å². The van der Waals surface area contributed by atoms with Gasteiger partial charge in [0.2, 0.25) is 5.91 Å². The smallest absolute Gasteiger partial charge is 0.305 e. The van der Waals surface area contributed by atoms with E-state index < -0.39 is 12.1 Å². The molecule has 0 aliphatic heterocycles. The maximum absolute atomic E-state index is 12.5. The molecule has 0 fully saturated rings. The van der Waals surface area contributed by atoms with Gasteiger partial charge in [0.25, 0.3) is 0 Å². The van der Waals surface area contributed by atoms with E-state index in [0.717, 1.165) is 44.9 Å². The van der Waals surface area contributed by atoms with Gasteiger partial charge in [0.1, 0.15) is 0 Å². The molecule has 412 valence electrons. The van der Waals surface area contributed by atoms with Crippen molar-refractivity contribution in [3.8, 4) is 0 Å². The molecule has 70 heavy (non-hydrogen) atoms. The zero-order valence-corrected chi connectivity index (χ0v) is 47.0. The highest BCUT2D eigenvalue weighted by molar-refractivity contribution is 5.76. The molecule has 0 saturated carbocycles. The molecule has 0 aliphatic rings. The normalized spacial score (nSPS) is 12.8. The number of rotatable bonds is 58. The van der Waals surface area contributed by atoms with Crippen LogP contribution in [0.1, 0.15) is 335 Å². The second kappa shape index (κ2) is 59.6. The zero-order chi connectivity index (χ0) is 50.7. The average molecular weight is 985 g/mol. The number of ether oxygens (including phenoxy) is 1. The number of allylic oxidation sites excluding steroid dienone is 5. The highest BCUT2D eigenvalue weighted by Crippen LogP contribution is 2.17. The predicted octanol–water partition coefficient (Wildman–Crippen LogP) is 19.6. The minimum absolute atomic E-state index is 0.000879. The molecule has 0 rings (SSSR count). The molecule has 0 bridgehead atoms. The SMILES string of the molecule is CCCC/C=C\CCCCCCCC(=O)OCCCCCCCCCCCCCC/C=C\CCCCCCCCCCC(=O)NC(CO)C(O)/C=C/CCCCCCCCCCCCCCCCCC. The number of esters is 1. The summed E-state index contributed by atoms with van der Waals surface area (Å²) >= 11 is 0. The quantitative estimate of drug-likeness (QED) is 0.0321. The molecule has 0 radical (unpaired) electrons. The lowest BCUT2D eigenvalue weighted by Gasteiger charge is -2.20. The topological polar surface area (TPSA) is 95.9 Å². The Bertz CT molecular complexity index is 1130. The van der Waals surface area contributed by atoms with Crippen LogP contribution in [0, 0.1) is 0 Å². The second-order valence-corrected chi connectivity index (χ2v) is 21.4. The highest BCUT2D eigenvalue weighted by Gasteiger charge is 2.18. The maximum atomic E-state index is 12.5. The summed E-state index contributed by atoms with van der Waals surface area (Å²) < 4.78 is 5.46. The van der Waals surface area contributed by atoms with Gasteiger partial charge in [-0.15, -0.1) is 0 Å². The summed E-state index contributed by atoms with van der Waals surface area (Å²) in [7, 11) is 0. The summed E-state index contributed by atoms with van der Waals surface area (Å²) in [4.78, 5) is 24.5. The van der Waals surface area contributed by atoms with E-state index in [1.165, 1.54) is 263 Å². The van der Waals surface area contributed by atoms with Crippen LogP contribution in [0.2, 0.25) is 0 Å². The monoisotopic (exact) mass is 984 g/mol. The molecular formula is C64H121NO5. The Morgan fingerprint density at radius 3 is 1.06 bits per heavy atom. The lowest BCUT2D eigenvalue weighted by Crippen LogP contribution is -2.45. The van der Waals surface area contributed by atoms with E-state index >= 15 is 0 Å². The average Bonchev–Trinajstić information content (AvgIpc) is 3.36. The van der Waals surface area contributed by atoms with Crippen molar-refractivity contribution in [3.05, 3.63) is 36.5 Å². The summed E-state index contributed by atoms with van der Waals surface area (Å²) in [5.41, 5.74) is 0. The second-order valence-electron chi connectivity index (χ2n) is 21.4. The van der Waals surface area contributed by atoms with E-state index in [2.05, 4.69) is 43.5 Å². The van der Waals surface area contributed by atoms with Crippen LogP contribution >= 0.6 is 0 Å². The molecule has 0 heterocycles. The number of carbonyl (C=O) groups is 2. The zero-order valence-electron chi connectivity index (χ0n) is 47.0. The van der Waals surface area contributed by atoms with Gasteiger partial charge in [-0.05, 0) is 77.0 Å². The minimum Gasteiger partial charge on any atom is -0.466 e. The van der Waals surface area contributed by atoms with Crippen LogP contribution in [0.25, 0.3) is 0 Å². The van der Waals surface area contributed by atoms with Crippen LogP contribution in [0.3, 0.4) is 0 Å². The van der Waals surface area contributed by atoms with Crippen molar-refractivity contribution in [1.82, 2.24) is 5.32 Å². The summed E-state index contributed by atoms with van der Waals surface area (Å²) in [5.74, 6) is -0.0697. The molecule has 6 heteroatoms. The third kappa shape index (κ3) is 55.4. The van der Waals surface area contributed by atoms with Gasteiger partial charge in [-0.2, -0.15) is 0 Å². The van der Waals surface area contributed by atoms with Crippen molar-refractivity contribution in [1.29, 1.82) is 0 Å². The van der Waals surface area contributed by atoms with Gasteiger partial charge in [0.05, 0.1) is 25.4 Å². The van der Waals surface area contributed by atoms with Gasteiger partial charge in [-0.25, -0.2) is 0 Å². The van der Waals surface area contributed by atoms with Crippen LogP contribution in [0.5, 0.6) is 0 Å². The predicted molar refractivity (Wildman–Crippen MR) is 306 cm³/mol. The number of aliphatic hydroxyl groups is 2. The van der Waals surface area contributed by atoms with E-state index in [1.54, 1.807) is 6.08 Å². The van der Waals surface area contributed by atoms with Crippen LogP contribution in [0.15, 0.2) is 36.5 Å². The number of unbranched alkanes of at least 4 members (excludes halogenated alkanes) is 43. The summed E-state index contributed by atoms with van der Waals surface area (Å²) in [5, 5.41) is 23.2. The summed E-state index contributed by atoms with van der Waals surface area (Å²) in [6, 6.07) is -0.632. The molecule has 2 unspecified atom stereocenters. The third-order valence-corrected chi connectivity index (χ3v) is 14.4. The van der Waals surface area contributed by atoms with E-state index in [1.807, 2.05) is 6.08 Å². The number of carbonyl (C=O) groups excluding carboxylic acids is 2. The van der Waals surface area contributed by atoms with Gasteiger partial charge in [-0.3, -0.25) is 9.59 Å². The molecule has 2 atom stereocenters. The lowest BCUT2D eigenvalue weighted by atomic mass is 10.0. The van der Waals surface area contributed by atoms with Crippen LogP contribution in [0.4, 0.5) is 0 Å². The highest BCUT2D eigenvalue weighted by atomic mass is 16.5. The Labute approximate surface area is 436 Å². The van der Waals surface area contributed by atoms with Crippen LogP contribution in [-0.2, 0) is 14.3 Å². The maximum Gasteiger partial charge on any atom is 0.305 e. The molecule has 0 aromatic carbocycles. The number of nitrogens with one attached hydrogen (secondary N) is 1. The van der Waals surface area contributed by atoms with Gasteiger partial charge in [0.15, 0.2) is 0 Å². The van der Waals surface area contributed by atoms with Crippen molar-refractivity contribution >= 4 is 11.9 Å². The fraction of sp³-hybridized carbons (Fsp3) is 0.875. The fourth-order valence-electron chi connectivity index (χ4n) is 9.55. The first-order valence-corrected chi connectivity index (χ1v) is 31.3. The van der Waals surface area contributed by atoms with Gasteiger partial charge < -0.3 is 20.3 Å². The number of aliphatic hydroxyl groups excluding tert-OH is 2. The van der Waals surface area contributed by atoms with E-state index in [0.29, 0.717) is 19.4 Å². The van der Waals surface area contributed by atoms with Crippen molar-refractivity contribution in [3.63, 3.8) is 0 Å². The Hall–Kier alpha value is -1.92. The molecule has 6 nitrogen and oxygen atoms in total. The van der Waals surface area contributed by atoms with Crippen LogP contribution < -0.4 is 5.32 Å².